The highest BCUT2D eigenvalue weighted by atomic mass is 32.1. The van der Waals surface area contributed by atoms with Crippen LogP contribution >= 0.6 is 22.7 Å². The van der Waals surface area contributed by atoms with Gasteiger partial charge in [-0.15, -0.1) is 22.7 Å². The number of furan rings is 1. The highest BCUT2D eigenvalue weighted by Crippen LogP contribution is 2.46. The Hall–Kier alpha value is -3.80. The van der Waals surface area contributed by atoms with E-state index in [4.69, 9.17) is 13.9 Å². The van der Waals surface area contributed by atoms with E-state index < -0.39 is 0 Å². The summed E-state index contributed by atoms with van der Waals surface area (Å²) in [4.78, 5) is 0. The molecule has 35 heavy (non-hydrogen) atoms. The molecule has 4 aromatic carbocycles. The van der Waals surface area contributed by atoms with Crippen LogP contribution in [0.3, 0.4) is 0 Å². The van der Waals surface area contributed by atoms with Crippen LogP contribution in [0.25, 0.3) is 64.4 Å². The van der Waals surface area contributed by atoms with Crippen LogP contribution < -0.4 is 9.47 Å². The van der Waals surface area contributed by atoms with E-state index >= 15 is 0 Å². The third-order valence-corrected chi connectivity index (χ3v) is 8.51. The number of hydrogen-bond acceptors (Lipinski definition) is 5. The lowest BCUT2D eigenvalue weighted by atomic mass is 9.96. The van der Waals surface area contributed by atoms with Crippen LogP contribution in [0.1, 0.15) is 0 Å². The first kappa shape index (κ1) is 20.6. The van der Waals surface area contributed by atoms with Gasteiger partial charge >= 0.3 is 0 Å². The second kappa shape index (κ2) is 7.87. The van der Waals surface area contributed by atoms with Crippen molar-refractivity contribution in [2.45, 2.75) is 0 Å². The van der Waals surface area contributed by atoms with Crippen LogP contribution in [-0.2, 0) is 0 Å². The van der Waals surface area contributed by atoms with Crippen LogP contribution in [0.2, 0.25) is 0 Å². The van der Waals surface area contributed by atoms with Crippen molar-refractivity contribution in [3.63, 3.8) is 0 Å². The van der Waals surface area contributed by atoms with Gasteiger partial charge in [-0.2, -0.15) is 0 Å². The molecule has 0 spiro atoms. The average Bonchev–Trinajstić information content (AvgIpc) is 3.66. The van der Waals surface area contributed by atoms with Crippen molar-refractivity contribution in [3.8, 4) is 33.8 Å². The normalized spacial score (nSPS) is 11.7. The van der Waals surface area contributed by atoms with Crippen LogP contribution in [0.15, 0.2) is 88.0 Å². The molecule has 0 aliphatic heterocycles. The summed E-state index contributed by atoms with van der Waals surface area (Å²) in [7, 11) is 3.39. The Morgan fingerprint density at radius 1 is 0.543 bits per heavy atom. The molecular weight excluding hydrogens is 472 g/mol. The predicted octanol–water partition coefficient (Wildman–Crippen LogP) is 9.37. The van der Waals surface area contributed by atoms with Crippen molar-refractivity contribution in [2.24, 2.45) is 0 Å². The number of hydrogen-bond donors (Lipinski definition) is 0. The molecular formula is C30H20O3S2. The summed E-state index contributed by atoms with van der Waals surface area (Å²) in [6.45, 7) is 0. The van der Waals surface area contributed by atoms with Gasteiger partial charge in [0.1, 0.15) is 11.5 Å². The molecule has 0 N–H and O–H groups in total. The Morgan fingerprint density at radius 3 is 1.37 bits per heavy atom. The van der Waals surface area contributed by atoms with Crippen LogP contribution in [-0.4, -0.2) is 14.2 Å². The van der Waals surface area contributed by atoms with Crippen LogP contribution in [0, 0.1) is 0 Å². The number of rotatable bonds is 4. The molecule has 0 unspecified atom stereocenters. The molecule has 3 nitrogen and oxygen atoms in total. The van der Waals surface area contributed by atoms with Gasteiger partial charge in [-0.25, -0.2) is 0 Å². The molecule has 3 aromatic heterocycles. The van der Waals surface area contributed by atoms with Crippen molar-refractivity contribution < 1.29 is 13.9 Å². The zero-order valence-corrected chi connectivity index (χ0v) is 20.8. The molecule has 3 heterocycles. The summed E-state index contributed by atoms with van der Waals surface area (Å²) in [5.74, 6) is 1.71. The number of thiophene rings is 2. The van der Waals surface area contributed by atoms with E-state index in [1.54, 1.807) is 36.9 Å². The summed E-state index contributed by atoms with van der Waals surface area (Å²) >= 11 is 3.46. The number of methoxy groups -OCH3 is 2. The molecule has 170 valence electrons. The molecule has 7 aromatic rings. The molecule has 0 radical (unpaired) electrons. The molecule has 7 rings (SSSR count). The minimum atomic E-state index is 0.856. The maximum Gasteiger partial charge on any atom is 0.153 e. The van der Waals surface area contributed by atoms with Crippen molar-refractivity contribution in [1.82, 2.24) is 0 Å². The third-order valence-electron chi connectivity index (χ3n) is 6.69. The molecule has 0 saturated carbocycles. The van der Waals surface area contributed by atoms with Gasteiger partial charge < -0.3 is 13.9 Å². The van der Waals surface area contributed by atoms with Gasteiger partial charge in [0, 0.05) is 21.5 Å². The van der Waals surface area contributed by atoms with Crippen LogP contribution in [0.5, 0.6) is 11.5 Å². The van der Waals surface area contributed by atoms with Gasteiger partial charge in [-0.05, 0) is 81.5 Å². The molecule has 0 amide bonds. The number of benzene rings is 4. The zero-order valence-electron chi connectivity index (χ0n) is 19.1. The van der Waals surface area contributed by atoms with Gasteiger partial charge in [0.15, 0.2) is 11.2 Å². The fraction of sp³-hybridized carbons (Fsp3) is 0.0667. The molecule has 0 atom stereocenters. The molecule has 5 heteroatoms. The monoisotopic (exact) mass is 492 g/mol. The minimum Gasteiger partial charge on any atom is -0.497 e. The third kappa shape index (κ3) is 3.09. The van der Waals surface area contributed by atoms with Crippen molar-refractivity contribution >= 4 is 64.8 Å². The maximum atomic E-state index is 6.63. The quantitative estimate of drug-likeness (QED) is 0.245. The van der Waals surface area contributed by atoms with Gasteiger partial charge in [-0.3, -0.25) is 0 Å². The lowest BCUT2D eigenvalue weighted by molar-refractivity contribution is 0.415. The highest BCUT2D eigenvalue weighted by Gasteiger charge is 2.20. The Balaban J connectivity index is 1.55. The largest absolute Gasteiger partial charge is 0.497 e. The van der Waals surface area contributed by atoms with Gasteiger partial charge in [0.25, 0.3) is 0 Å². The first-order valence-electron chi connectivity index (χ1n) is 11.3. The predicted molar refractivity (Wildman–Crippen MR) is 148 cm³/mol. The molecule has 0 aliphatic carbocycles. The van der Waals surface area contributed by atoms with Gasteiger partial charge in [0.05, 0.1) is 23.6 Å². The van der Waals surface area contributed by atoms with E-state index in [2.05, 4.69) is 59.3 Å². The zero-order chi connectivity index (χ0) is 23.5. The summed E-state index contributed by atoms with van der Waals surface area (Å²) < 4.78 is 19.7. The summed E-state index contributed by atoms with van der Waals surface area (Å²) in [5, 5.41) is 9.01. The fourth-order valence-electron chi connectivity index (χ4n) is 4.94. The fourth-order valence-corrected chi connectivity index (χ4v) is 6.75. The Bertz CT molecular complexity index is 1720. The second-order valence-corrected chi connectivity index (χ2v) is 10.3. The highest BCUT2D eigenvalue weighted by molar-refractivity contribution is 7.18. The maximum absolute atomic E-state index is 6.63. The van der Waals surface area contributed by atoms with Gasteiger partial charge in [-0.1, -0.05) is 24.3 Å². The average molecular weight is 493 g/mol. The number of fused-ring (bicyclic) bond motifs is 7. The van der Waals surface area contributed by atoms with Gasteiger partial charge in [0.2, 0.25) is 0 Å². The molecule has 0 saturated heterocycles. The van der Waals surface area contributed by atoms with E-state index in [0.717, 1.165) is 44.6 Å². The summed E-state index contributed by atoms with van der Waals surface area (Å²) in [6.07, 6.45) is 0. The van der Waals surface area contributed by atoms with E-state index in [-0.39, 0.29) is 0 Å². The topological polar surface area (TPSA) is 31.6 Å². The first-order chi connectivity index (χ1) is 17.2. The molecule has 0 fully saturated rings. The summed E-state index contributed by atoms with van der Waals surface area (Å²) in [5.41, 5.74) is 6.66. The Morgan fingerprint density at radius 2 is 0.971 bits per heavy atom. The van der Waals surface area contributed by atoms with E-state index in [1.807, 2.05) is 24.3 Å². The lowest BCUT2D eigenvalue weighted by Crippen LogP contribution is -1.84. The van der Waals surface area contributed by atoms with Crippen molar-refractivity contribution in [3.05, 3.63) is 83.6 Å². The molecule has 0 aliphatic rings. The minimum absolute atomic E-state index is 0.856. The number of ether oxygens (including phenoxy) is 2. The Kier molecular flexibility index (Phi) is 4.62. The second-order valence-electron chi connectivity index (χ2n) is 8.49. The molecule has 0 bridgehead atoms. The standard InChI is InChI=1S/C30H20O3S2/c1-31-19-7-3-17(4-8-19)23-15-25-26-16-24(18-5-9-20(32-2)10-6-18)22-12-14-35-30(22)28(26)33-27(25)29-21(23)11-13-34-29/h3-16H,1-2H3. The van der Waals surface area contributed by atoms with Crippen molar-refractivity contribution in [2.75, 3.05) is 14.2 Å². The smallest absolute Gasteiger partial charge is 0.153 e. The SMILES string of the molecule is COc1ccc(-c2cc3c4cc(-c5ccc(OC)cc5)c5ccsc5c4oc3c3sccc23)cc1. The van der Waals surface area contributed by atoms with E-state index in [9.17, 15) is 0 Å². The lowest BCUT2D eigenvalue weighted by Gasteiger charge is -2.08. The van der Waals surface area contributed by atoms with E-state index in [0.29, 0.717) is 0 Å². The van der Waals surface area contributed by atoms with Crippen LogP contribution in [0.4, 0.5) is 0 Å². The summed E-state index contributed by atoms with van der Waals surface area (Å²) in [6, 6.07) is 25.5. The van der Waals surface area contributed by atoms with E-state index in [1.165, 1.54) is 31.3 Å². The van der Waals surface area contributed by atoms with Crippen molar-refractivity contribution in [1.29, 1.82) is 0 Å². The first-order valence-corrected chi connectivity index (χ1v) is 13.1. The Labute approximate surface area is 209 Å².